The first-order valence-electron chi connectivity index (χ1n) is 5.65. The Morgan fingerprint density at radius 3 is 3.11 bits per heavy atom. The number of hydrogen-bond acceptors (Lipinski definition) is 5. The fourth-order valence-electron chi connectivity index (χ4n) is 1.87. The van der Waals surface area contributed by atoms with Crippen LogP contribution < -0.4 is 10.6 Å². The first-order valence-corrected chi connectivity index (χ1v) is 5.65. The lowest BCUT2D eigenvalue weighted by molar-refractivity contribution is -0.115. The van der Waals surface area contributed by atoms with Gasteiger partial charge in [-0.3, -0.25) is 9.59 Å². The zero-order valence-corrected chi connectivity index (χ0v) is 9.80. The molecule has 0 unspecified atom stereocenters. The van der Waals surface area contributed by atoms with Gasteiger partial charge in [-0.1, -0.05) is 11.3 Å². The first kappa shape index (κ1) is 11.3. The fourth-order valence-corrected chi connectivity index (χ4v) is 1.87. The molecule has 1 aromatic carbocycles. The number of nitrogens with one attached hydrogen (secondary N) is 3. The lowest BCUT2D eigenvalue weighted by Crippen LogP contribution is -2.23. The van der Waals surface area contributed by atoms with Crippen molar-refractivity contribution in [2.75, 3.05) is 5.32 Å². The standard InChI is InChI=1S/C11H10N6O2/c18-10-4-6-1-2-7(3-8(6)13-10)11(19)12-5-9-14-16-17-15-9/h1-3H,4-5H2,(H,12,19)(H,13,18)(H,14,15,16,17). The number of amides is 2. The molecule has 3 rings (SSSR count). The normalized spacial score (nSPS) is 12.9. The van der Waals surface area contributed by atoms with Gasteiger partial charge in [-0.25, -0.2) is 0 Å². The van der Waals surface area contributed by atoms with E-state index in [1.54, 1.807) is 18.2 Å². The van der Waals surface area contributed by atoms with Gasteiger partial charge >= 0.3 is 0 Å². The van der Waals surface area contributed by atoms with Crippen LogP contribution in [0, 0.1) is 0 Å². The molecular formula is C11H10N6O2. The van der Waals surface area contributed by atoms with Gasteiger partial charge in [-0.2, -0.15) is 5.21 Å². The van der Waals surface area contributed by atoms with Crippen LogP contribution in [0.4, 0.5) is 5.69 Å². The Hall–Kier alpha value is -2.77. The molecule has 0 aliphatic carbocycles. The van der Waals surface area contributed by atoms with Gasteiger partial charge in [0.2, 0.25) is 5.91 Å². The first-order chi connectivity index (χ1) is 9.22. The van der Waals surface area contributed by atoms with Crippen molar-refractivity contribution in [1.29, 1.82) is 0 Å². The summed E-state index contributed by atoms with van der Waals surface area (Å²) in [5, 5.41) is 18.5. The maximum Gasteiger partial charge on any atom is 0.251 e. The van der Waals surface area contributed by atoms with Gasteiger partial charge in [-0.05, 0) is 17.7 Å². The molecule has 0 saturated heterocycles. The van der Waals surface area contributed by atoms with Crippen molar-refractivity contribution in [1.82, 2.24) is 25.9 Å². The highest BCUT2D eigenvalue weighted by molar-refractivity contribution is 6.02. The van der Waals surface area contributed by atoms with E-state index in [9.17, 15) is 9.59 Å². The number of benzene rings is 1. The maximum atomic E-state index is 11.9. The largest absolute Gasteiger partial charge is 0.345 e. The SMILES string of the molecule is O=C1Cc2ccc(C(=O)NCc3nn[nH]n3)cc2N1. The van der Waals surface area contributed by atoms with Crippen LogP contribution in [-0.4, -0.2) is 32.4 Å². The quantitative estimate of drug-likeness (QED) is 0.695. The lowest BCUT2D eigenvalue weighted by atomic mass is 10.1. The van der Waals surface area contributed by atoms with Gasteiger partial charge in [0.25, 0.3) is 5.91 Å². The molecule has 19 heavy (non-hydrogen) atoms. The van der Waals surface area contributed by atoms with Crippen LogP contribution in [0.15, 0.2) is 18.2 Å². The average molecular weight is 258 g/mol. The number of carbonyl (C=O) groups is 2. The molecule has 2 heterocycles. The summed E-state index contributed by atoms with van der Waals surface area (Å²) >= 11 is 0. The van der Waals surface area contributed by atoms with Crippen molar-refractivity contribution >= 4 is 17.5 Å². The van der Waals surface area contributed by atoms with E-state index in [-0.39, 0.29) is 18.4 Å². The second-order valence-corrected chi connectivity index (χ2v) is 4.11. The molecule has 1 aliphatic rings. The highest BCUT2D eigenvalue weighted by atomic mass is 16.2. The summed E-state index contributed by atoms with van der Waals surface area (Å²) in [6, 6.07) is 5.12. The molecule has 2 aromatic rings. The molecule has 3 N–H and O–H groups in total. The number of fused-ring (bicyclic) bond motifs is 1. The molecule has 1 aliphatic heterocycles. The van der Waals surface area contributed by atoms with Crippen molar-refractivity contribution < 1.29 is 9.59 Å². The highest BCUT2D eigenvalue weighted by Gasteiger charge is 2.19. The number of hydrogen-bond donors (Lipinski definition) is 3. The summed E-state index contributed by atoms with van der Waals surface area (Å²) < 4.78 is 0. The van der Waals surface area contributed by atoms with E-state index < -0.39 is 0 Å². The Balaban J connectivity index is 1.70. The number of anilines is 1. The molecule has 0 spiro atoms. The van der Waals surface area contributed by atoms with Crippen LogP contribution >= 0.6 is 0 Å². The minimum absolute atomic E-state index is 0.0562. The van der Waals surface area contributed by atoms with Crippen molar-refractivity contribution in [2.24, 2.45) is 0 Å². The molecular weight excluding hydrogens is 248 g/mol. The second-order valence-electron chi connectivity index (χ2n) is 4.11. The number of nitrogens with zero attached hydrogens (tertiary/aromatic N) is 3. The molecule has 2 amide bonds. The van der Waals surface area contributed by atoms with Gasteiger partial charge in [0.05, 0.1) is 13.0 Å². The topological polar surface area (TPSA) is 113 Å². The lowest BCUT2D eigenvalue weighted by Gasteiger charge is -2.04. The van der Waals surface area contributed by atoms with Crippen LogP contribution in [0.1, 0.15) is 21.7 Å². The summed E-state index contributed by atoms with van der Waals surface area (Å²) in [6.45, 7) is 0.193. The second kappa shape index (κ2) is 4.48. The van der Waals surface area contributed by atoms with Crippen LogP contribution in [0.25, 0.3) is 0 Å². The van der Waals surface area contributed by atoms with E-state index in [1.165, 1.54) is 0 Å². The monoisotopic (exact) mass is 258 g/mol. The molecule has 0 bridgehead atoms. The number of aromatic amines is 1. The van der Waals surface area contributed by atoms with E-state index >= 15 is 0 Å². The number of tetrazole rings is 1. The Labute approximate surface area is 107 Å². The predicted molar refractivity (Wildman–Crippen MR) is 64.1 cm³/mol. The number of aromatic nitrogens is 4. The summed E-state index contributed by atoms with van der Waals surface area (Å²) in [6.07, 6.45) is 0.361. The van der Waals surface area contributed by atoms with E-state index in [4.69, 9.17) is 0 Å². The van der Waals surface area contributed by atoms with Crippen molar-refractivity contribution in [3.63, 3.8) is 0 Å². The molecule has 96 valence electrons. The molecule has 1 aromatic heterocycles. The van der Waals surface area contributed by atoms with Crippen LogP contribution in [0.3, 0.4) is 0 Å². The van der Waals surface area contributed by atoms with E-state index in [0.717, 1.165) is 5.56 Å². The Morgan fingerprint density at radius 1 is 1.42 bits per heavy atom. The minimum atomic E-state index is -0.256. The van der Waals surface area contributed by atoms with E-state index in [2.05, 4.69) is 31.3 Å². The van der Waals surface area contributed by atoms with Gasteiger partial charge < -0.3 is 10.6 Å². The highest BCUT2D eigenvalue weighted by Crippen LogP contribution is 2.23. The van der Waals surface area contributed by atoms with E-state index in [0.29, 0.717) is 23.5 Å². The third-order valence-corrected chi connectivity index (χ3v) is 2.79. The number of H-pyrrole nitrogens is 1. The van der Waals surface area contributed by atoms with Gasteiger partial charge in [0, 0.05) is 11.3 Å². The number of rotatable bonds is 3. The van der Waals surface area contributed by atoms with Crippen LogP contribution in [-0.2, 0) is 17.8 Å². The molecule has 0 radical (unpaired) electrons. The van der Waals surface area contributed by atoms with E-state index in [1.807, 2.05) is 0 Å². The van der Waals surface area contributed by atoms with Gasteiger partial charge in [-0.15, -0.1) is 10.2 Å². The molecule has 0 fully saturated rings. The third-order valence-electron chi connectivity index (χ3n) is 2.79. The van der Waals surface area contributed by atoms with Crippen molar-refractivity contribution in [2.45, 2.75) is 13.0 Å². The summed E-state index contributed by atoms with van der Waals surface area (Å²) in [5.41, 5.74) is 2.07. The minimum Gasteiger partial charge on any atom is -0.345 e. The molecule has 0 atom stereocenters. The molecule has 8 heteroatoms. The van der Waals surface area contributed by atoms with Gasteiger partial charge in [0.1, 0.15) is 0 Å². The zero-order chi connectivity index (χ0) is 13.2. The predicted octanol–water partition coefficient (Wildman–Crippen LogP) is -0.376. The summed E-state index contributed by atoms with van der Waals surface area (Å²) in [4.78, 5) is 23.1. The fraction of sp³-hybridized carbons (Fsp3) is 0.182. The van der Waals surface area contributed by atoms with Crippen LogP contribution in [0.5, 0.6) is 0 Å². The Bertz CT molecular complexity index is 637. The van der Waals surface area contributed by atoms with Gasteiger partial charge in [0.15, 0.2) is 5.82 Å². The summed E-state index contributed by atoms with van der Waals surface area (Å²) in [5.74, 6) is 0.0934. The van der Waals surface area contributed by atoms with Crippen molar-refractivity contribution in [3.05, 3.63) is 35.2 Å². The molecule has 0 saturated carbocycles. The zero-order valence-electron chi connectivity index (χ0n) is 9.80. The Kier molecular flexibility index (Phi) is 2.67. The summed E-state index contributed by atoms with van der Waals surface area (Å²) in [7, 11) is 0. The Morgan fingerprint density at radius 2 is 2.32 bits per heavy atom. The van der Waals surface area contributed by atoms with Crippen molar-refractivity contribution in [3.8, 4) is 0 Å². The average Bonchev–Trinajstić information content (AvgIpc) is 3.02. The smallest absolute Gasteiger partial charge is 0.251 e. The number of carbonyl (C=O) groups excluding carboxylic acids is 2. The van der Waals surface area contributed by atoms with Crippen LogP contribution in [0.2, 0.25) is 0 Å². The third kappa shape index (κ3) is 2.28. The molecule has 8 nitrogen and oxygen atoms in total. The maximum absolute atomic E-state index is 11.9.